The minimum atomic E-state index is 0.507. The van der Waals surface area contributed by atoms with Gasteiger partial charge in [-0.05, 0) is 125 Å². The lowest BCUT2D eigenvalue weighted by atomic mass is 9.55. The first-order valence-electron chi connectivity index (χ1n) is 11.6. The van der Waals surface area contributed by atoms with Crippen LogP contribution in [0.4, 0.5) is 0 Å². The van der Waals surface area contributed by atoms with Crippen LogP contribution >= 0.6 is 0 Å². The van der Waals surface area contributed by atoms with E-state index in [9.17, 15) is 0 Å². The highest BCUT2D eigenvalue weighted by Crippen LogP contribution is 2.60. The summed E-state index contributed by atoms with van der Waals surface area (Å²) in [7, 11) is 6.13. The van der Waals surface area contributed by atoms with Crippen molar-refractivity contribution in [3.63, 3.8) is 0 Å². The van der Waals surface area contributed by atoms with Crippen LogP contribution in [0.25, 0.3) is 0 Å². The van der Waals surface area contributed by atoms with Crippen LogP contribution < -0.4 is 10.1 Å². The zero-order valence-corrected chi connectivity index (χ0v) is 18.5. The Morgan fingerprint density at radius 3 is 2.79 bits per heavy atom. The lowest BCUT2D eigenvalue weighted by molar-refractivity contribution is 0.0412. The molecule has 3 heteroatoms. The molecule has 1 N–H and O–H groups in total. The monoisotopic (exact) mass is 384 g/mol. The van der Waals surface area contributed by atoms with Crippen LogP contribution in [-0.2, 0) is 6.42 Å². The third kappa shape index (κ3) is 3.73. The summed E-state index contributed by atoms with van der Waals surface area (Å²) < 4.78 is 5.47. The van der Waals surface area contributed by atoms with Gasteiger partial charge in [-0.1, -0.05) is 13.0 Å². The van der Waals surface area contributed by atoms with Crippen LogP contribution in [0.15, 0.2) is 18.2 Å². The average molecular weight is 385 g/mol. The van der Waals surface area contributed by atoms with Gasteiger partial charge in [0.25, 0.3) is 0 Å². The number of aryl methyl sites for hydroxylation is 1. The molecular formula is C25H40N2O. The number of ether oxygens (including phenoxy) is 1. The summed E-state index contributed by atoms with van der Waals surface area (Å²) in [6.07, 6.45) is 10.8. The Kier molecular flexibility index (Phi) is 6.04. The van der Waals surface area contributed by atoms with Crippen molar-refractivity contribution in [2.24, 2.45) is 17.3 Å². The summed E-state index contributed by atoms with van der Waals surface area (Å²) in [4.78, 5) is 2.30. The van der Waals surface area contributed by atoms with Crippen molar-refractivity contribution in [2.75, 3.05) is 34.3 Å². The van der Waals surface area contributed by atoms with Crippen molar-refractivity contribution >= 4 is 0 Å². The van der Waals surface area contributed by atoms with E-state index < -0.39 is 0 Å². The molecule has 0 aliphatic heterocycles. The number of fused-ring (bicyclic) bond motifs is 5. The molecule has 0 saturated heterocycles. The van der Waals surface area contributed by atoms with Gasteiger partial charge in [0.15, 0.2) is 0 Å². The van der Waals surface area contributed by atoms with E-state index in [0.29, 0.717) is 5.41 Å². The highest BCUT2D eigenvalue weighted by molar-refractivity contribution is 5.40. The van der Waals surface area contributed by atoms with Crippen molar-refractivity contribution < 1.29 is 4.74 Å². The summed E-state index contributed by atoms with van der Waals surface area (Å²) in [5.74, 6) is 3.60. The van der Waals surface area contributed by atoms with Crippen LogP contribution in [0, 0.1) is 17.3 Å². The molecule has 3 aliphatic rings. The Bertz CT molecular complexity index is 673. The van der Waals surface area contributed by atoms with E-state index in [1.807, 2.05) is 0 Å². The first-order chi connectivity index (χ1) is 13.5. The summed E-state index contributed by atoms with van der Waals surface area (Å²) in [5, 5.41) is 3.99. The molecule has 1 aromatic carbocycles. The van der Waals surface area contributed by atoms with E-state index in [1.54, 1.807) is 18.2 Å². The summed E-state index contributed by atoms with van der Waals surface area (Å²) in [6.45, 7) is 5.01. The summed E-state index contributed by atoms with van der Waals surface area (Å²) in [5.41, 5.74) is 3.70. The lowest BCUT2D eigenvalue weighted by Crippen LogP contribution is -2.48. The van der Waals surface area contributed by atoms with Crippen LogP contribution in [0.2, 0.25) is 0 Å². The molecule has 0 unspecified atom stereocenters. The Morgan fingerprint density at radius 1 is 1.14 bits per heavy atom. The maximum atomic E-state index is 5.47. The average Bonchev–Trinajstić information content (AvgIpc) is 3.03. The third-order valence-corrected chi connectivity index (χ3v) is 8.36. The quantitative estimate of drug-likeness (QED) is 0.680. The number of benzene rings is 1. The van der Waals surface area contributed by atoms with Gasteiger partial charge in [-0.15, -0.1) is 0 Å². The minimum Gasteiger partial charge on any atom is -0.497 e. The molecule has 2 fully saturated rings. The van der Waals surface area contributed by atoms with Crippen molar-refractivity contribution in [2.45, 2.75) is 70.3 Å². The zero-order valence-electron chi connectivity index (χ0n) is 18.5. The van der Waals surface area contributed by atoms with Crippen LogP contribution in [-0.4, -0.2) is 45.2 Å². The van der Waals surface area contributed by atoms with Gasteiger partial charge in [0, 0.05) is 6.04 Å². The van der Waals surface area contributed by atoms with Crippen LogP contribution in [0.3, 0.4) is 0 Å². The van der Waals surface area contributed by atoms with E-state index >= 15 is 0 Å². The molecule has 0 aromatic heterocycles. The number of nitrogens with zero attached hydrogens (tertiary/aromatic N) is 1. The largest absolute Gasteiger partial charge is 0.497 e. The number of unbranched alkanes of at least 4 members (excludes halogenated alkanes) is 1. The van der Waals surface area contributed by atoms with Gasteiger partial charge in [-0.2, -0.15) is 0 Å². The Labute approximate surface area is 172 Å². The van der Waals surface area contributed by atoms with Crippen molar-refractivity contribution in [1.29, 1.82) is 0 Å². The smallest absolute Gasteiger partial charge is 0.119 e. The molecule has 0 spiro atoms. The van der Waals surface area contributed by atoms with Gasteiger partial charge in [0.1, 0.15) is 5.75 Å². The molecular weight excluding hydrogens is 344 g/mol. The second-order valence-corrected chi connectivity index (χ2v) is 10.1. The molecule has 28 heavy (non-hydrogen) atoms. The van der Waals surface area contributed by atoms with Crippen molar-refractivity contribution in [3.8, 4) is 5.75 Å². The van der Waals surface area contributed by atoms with Gasteiger partial charge in [-0.25, -0.2) is 0 Å². The minimum absolute atomic E-state index is 0.507. The molecule has 0 heterocycles. The fourth-order valence-electron chi connectivity index (χ4n) is 6.85. The first-order valence-corrected chi connectivity index (χ1v) is 11.6. The van der Waals surface area contributed by atoms with Gasteiger partial charge in [0.05, 0.1) is 7.11 Å². The zero-order chi connectivity index (χ0) is 19.7. The highest BCUT2D eigenvalue weighted by atomic mass is 16.5. The number of hydrogen-bond acceptors (Lipinski definition) is 3. The van der Waals surface area contributed by atoms with Crippen molar-refractivity contribution in [1.82, 2.24) is 10.2 Å². The third-order valence-electron chi connectivity index (χ3n) is 8.36. The van der Waals surface area contributed by atoms with E-state index in [4.69, 9.17) is 4.74 Å². The highest BCUT2D eigenvalue weighted by Gasteiger charge is 2.54. The lowest BCUT2D eigenvalue weighted by Gasteiger charge is -2.51. The van der Waals surface area contributed by atoms with Gasteiger partial charge >= 0.3 is 0 Å². The van der Waals surface area contributed by atoms with Crippen LogP contribution in [0.5, 0.6) is 5.75 Å². The van der Waals surface area contributed by atoms with Gasteiger partial charge in [0.2, 0.25) is 0 Å². The van der Waals surface area contributed by atoms with E-state index in [-0.39, 0.29) is 0 Å². The van der Waals surface area contributed by atoms with Crippen molar-refractivity contribution in [3.05, 3.63) is 29.3 Å². The standard InChI is InChI=1S/C25H40N2O/c1-25-14-13-21-20-10-8-19(28-4)17-18(20)7-9-22(21)23(25)11-12-24(25)26-15-5-6-16-27(2)3/h8,10,17,21-24,26H,5-7,9,11-16H2,1-4H3/t21-,22-,23+,24+,25+/m1/s1. The predicted octanol–water partition coefficient (Wildman–Crippen LogP) is 4.85. The normalized spacial score (nSPS) is 34.0. The molecule has 5 atom stereocenters. The molecule has 4 rings (SSSR count). The fourth-order valence-corrected chi connectivity index (χ4v) is 6.85. The number of methoxy groups -OCH3 is 1. The second-order valence-electron chi connectivity index (χ2n) is 10.1. The topological polar surface area (TPSA) is 24.5 Å². The molecule has 156 valence electrons. The molecule has 0 amide bonds. The summed E-state index contributed by atoms with van der Waals surface area (Å²) in [6, 6.07) is 7.59. The Balaban J connectivity index is 1.40. The molecule has 3 aliphatic carbocycles. The molecule has 0 radical (unpaired) electrons. The van der Waals surface area contributed by atoms with Crippen LogP contribution in [0.1, 0.15) is 68.9 Å². The maximum Gasteiger partial charge on any atom is 0.119 e. The SMILES string of the molecule is COc1ccc2c(c1)CC[C@@H]1[C@@H]2CC[C@]2(C)[C@@H](NCCCCN(C)C)CC[C@@H]12. The fraction of sp³-hybridized carbons (Fsp3) is 0.760. The number of hydrogen-bond donors (Lipinski definition) is 1. The Hall–Kier alpha value is -1.06. The molecule has 3 nitrogen and oxygen atoms in total. The van der Waals surface area contributed by atoms with E-state index in [1.165, 1.54) is 64.5 Å². The second kappa shape index (κ2) is 8.36. The first kappa shape index (κ1) is 20.2. The van der Waals surface area contributed by atoms with Gasteiger partial charge in [-0.3, -0.25) is 0 Å². The number of rotatable bonds is 7. The number of nitrogens with one attached hydrogen (secondary N) is 1. The molecule has 1 aromatic rings. The Morgan fingerprint density at radius 2 is 2.00 bits per heavy atom. The summed E-state index contributed by atoms with van der Waals surface area (Å²) >= 11 is 0. The van der Waals surface area contributed by atoms with Gasteiger partial charge < -0.3 is 15.0 Å². The van der Waals surface area contributed by atoms with E-state index in [2.05, 4.69) is 49.4 Å². The predicted molar refractivity (Wildman–Crippen MR) is 117 cm³/mol. The van der Waals surface area contributed by atoms with E-state index in [0.717, 1.165) is 29.5 Å². The molecule has 2 saturated carbocycles. The molecule has 0 bridgehead atoms. The maximum absolute atomic E-state index is 5.47.